The molecule has 2 amide bonds. The zero-order valence-electron chi connectivity index (χ0n) is 38.8. The van der Waals surface area contributed by atoms with Crippen molar-refractivity contribution < 1.29 is 42.1 Å². The lowest BCUT2D eigenvalue weighted by Crippen LogP contribution is -2.44. The number of amides is 2. The van der Waals surface area contributed by atoms with E-state index in [0.29, 0.717) is 44.8 Å². The number of hydrogen-bond donors (Lipinski definition) is 1. The Bertz CT molecular complexity index is 2920. The van der Waals surface area contributed by atoms with E-state index in [1.54, 1.807) is 28.3 Å². The molecule has 0 unspecified atom stereocenters. The zero-order chi connectivity index (χ0) is 47.3. The highest BCUT2D eigenvalue weighted by molar-refractivity contribution is 5.98. The van der Waals surface area contributed by atoms with Crippen LogP contribution in [0.4, 0.5) is 14.0 Å². The average molecular weight is 909 g/mol. The highest BCUT2D eigenvalue weighted by atomic mass is 19.1. The molecule has 8 aromatic rings. The summed E-state index contributed by atoms with van der Waals surface area (Å²) in [5.74, 6) is 2.04. The molecule has 4 aromatic heterocycles. The molecule has 6 heterocycles. The molecule has 2 aliphatic rings. The Hall–Kier alpha value is -6.99. The van der Waals surface area contributed by atoms with Crippen molar-refractivity contribution in [2.75, 3.05) is 26.2 Å². The minimum atomic E-state index is -0.484. The van der Waals surface area contributed by atoms with E-state index >= 15 is 0 Å². The standard InChI is InChI=1S/C27H28N2O4.C17H10FNO.C10H19NO3/c1-27(2,3)33-26(30)29-12-10-20(11-13-29)31-21-9-8-19-16-28-17-23(22(19)15-21)25-14-18-6-4-5-7-24(18)32-25;18-13-6-5-12-9-19-10-15(14(12)8-13)17-7-11-3-1-2-4-16(11)20-17;1-10(2,3)14-9(13)11-6-4-8(12)5-7-11/h4-9,14-17,20H,10-13H2,1-3H3;1-10H;8,12H,4-7H2,1-3H3. The van der Waals surface area contributed by atoms with Crippen molar-refractivity contribution >= 4 is 55.7 Å². The second kappa shape index (κ2) is 19.9. The maximum absolute atomic E-state index is 13.5. The fraction of sp³-hybridized carbons (Fsp3) is 0.333. The second-order valence-corrected chi connectivity index (χ2v) is 18.9. The van der Waals surface area contributed by atoms with Gasteiger partial charge in [-0.3, -0.25) is 9.97 Å². The van der Waals surface area contributed by atoms with Gasteiger partial charge in [0.15, 0.2) is 0 Å². The number of fused-ring (bicyclic) bond motifs is 4. The van der Waals surface area contributed by atoms with Crippen LogP contribution in [0.2, 0.25) is 0 Å². The number of carbonyl (C=O) groups excluding carboxylic acids is 2. The summed E-state index contributed by atoms with van der Waals surface area (Å²) in [4.78, 5) is 35.9. The maximum atomic E-state index is 13.5. The minimum absolute atomic E-state index is 0.0534. The van der Waals surface area contributed by atoms with Crippen molar-refractivity contribution in [2.24, 2.45) is 0 Å². The number of halogens is 1. The first-order valence-corrected chi connectivity index (χ1v) is 22.7. The summed E-state index contributed by atoms with van der Waals surface area (Å²) in [5, 5.41) is 15.1. The number of aliphatic hydroxyl groups excluding tert-OH is 1. The van der Waals surface area contributed by atoms with Crippen molar-refractivity contribution in [1.82, 2.24) is 19.8 Å². The van der Waals surface area contributed by atoms with Crippen LogP contribution in [-0.4, -0.2) is 86.6 Å². The number of aliphatic hydroxyl groups is 1. The third-order valence-electron chi connectivity index (χ3n) is 11.3. The van der Waals surface area contributed by atoms with E-state index in [0.717, 1.165) is 79.0 Å². The first-order chi connectivity index (χ1) is 32.0. The molecule has 0 bridgehead atoms. The SMILES string of the molecule is CC(C)(C)OC(=O)N1CCC(O)CC1.CC(C)(C)OC(=O)N1CCC(Oc2ccc3cncc(-c4cc5ccccc5o4)c3c2)CC1.Fc1ccc2cncc(-c3cc4ccccc4o3)c2c1. The van der Waals surface area contributed by atoms with E-state index < -0.39 is 11.2 Å². The van der Waals surface area contributed by atoms with E-state index in [4.69, 9.17) is 23.0 Å². The van der Waals surface area contributed by atoms with E-state index in [1.807, 2.05) is 127 Å². The number of rotatable bonds is 4. The van der Waals surface area contributed by atoms with Gasteiger partial charge in [-0.2, -0.15) is 0 Å². The molecule has 348 valence electrons. The van der Waals surface area contributed by atoms with E-state index in [1.165, 1.54) is 12.1 Å². The van der Waals surface area contributed by atoms with Crippen molar-refractivity contribution in [3.8, 4) is 28.4 Å². The van der Waals surface area contributed by atoms with Crippen LogP contribution in [0.3, 0.4) is 0 Å². The summed E-state index contributed by atoms with van der Waals surface area (Å²) in [6, 6.07) is 30.5. The summed E-state index contributed by atoms with van der Waals surface area (Å²) in [6.07, 6.45) is 9.23. The average Bonchev–Trinajstić information content (AvgIpc) is 3.93. The lowest BCUT2D eigenvalue weighted by Gasteiger charge is -2.33. The number of ether oxygens (including phenoxy) is 3. The summed E-state index contributed by atoms with van der Waals surface area (Å²) in [6.45, 7) is 13.6. The van der Waals surface area contributed by atoms with Gasteiger partial charge in [0.25, 0.3) is 0 Å². The highest BCUT2D eigenvalue weighted by Crippen LogP contribution is 2.35. The first kappa shape index (κ1) is 46.5. The smallest absolute Gasteiger partial charge is 0.410 e. The monoisotopic (exact) mass is 908 g/mol. The molecule has 2 aliphatic heterocycles. The number of piperidine rings is 2. The Morgan fingerprint density at radius 2 is 1.06 bits per heavy atom. The topological polar surface area (TPSA) is 141 Å². The fourth-order valence-corrected chi connectivity index (χ4v) is 8.02. The van der Waals surface area contributed by atoms with E-state index in [2.05, 4.69) is 16.0 Å². The van der Waals surface area contributed by atoms with Gasteiger partial charge in [0, 0.05) is 96.5 Å². The maximum Gasteiger partial charge on any atom is 0.410 e. The summed E-state index contributed by atoms with van der Waals surface area (Å²) in [5.41, 5.74) is 2.49. The van der Waals surface area contributed by atoms with Crippen molar-refractivity contribution in [1.29, 1.82) is 0 Å². The van der Waals surface area contributed by atoms with E-state index in [-0.39, 0.29) is 30.2 Å². The Kier molecular flexibility index (Phi) is 13.8. The number of nitrogens with zero attached hydrogens (tertiary/aromatic N) is 4. The van der Waals surface area contributed by atoms with Crippen LogP contribution >= 0.6 is 0 Å². The number of furan rings is 2. The van der Waals surface area contributed by atoms with Gasteiger partial charge in [-0.1, -0.05) is 36.4 Å². The molecule has 12 nitrogen and oxygen atoms in total. The number of hydrogen-bond acceptors (Lipinski definition) is 10. The third kappa shape index (κ3) is 11.9. The molecule has 0 spiro atoms. The number of aromatic nitrogens is 2. The Morgan fingerprint density at radius 1 is 0.597 bits per heavy atom. The highest BCUT2D eigenvalue weighted by Gasteiger charge is 2.28. The van der Waals surface area contributed by atoms with Gasteiger partial charge in [-0.25, -0.2) is 14.0 Å². The van der Waals surface area contributed by atoms with Crippen molar-refractivity contribution in [3.05, 3.63) is 128 Å². The van der Waals surface area contributed by atoms with Gasteiger partial charge in [0.2, 0.25) is 0 Å². The van der Waals surface area contributed by atoms with Crippen molar-refractivity contribution in [3.63, 3.8) is 0 Å². The lowest BCUT2D eigenvalue weighted by molar-refractivity contribution is 0.00959. The Morgan fingerprint density at radius 3 is 1.55 bits per heavy atom. The van der Waals surface area contributed by atoms with Crippen LogP contribution < -0.4 is 4.74 Å². The van der Waals surface area contributed by atoms with Crippen LogP contribution in [0, 0.1) is 5.82 Å². The molecular weight excluding hydrogens is 852 g/mol. The summed E-state index contributed by atoms with van der Waals surface area (Å²) >= 11 is 0. The van der Waals surface area contributed by atoms with Crippen LogP contribution in [0.5, 0.6) is 5.75 Å². The van der Waals surface area contributed by atoms with Gasteiger partial charge < -0.3 is 38.0 Å². The number of benzene rings is 4. The molecule has 2 fully saturated rings. The predicted octanol–water partition coefficient (Wildman–Crippen LogP) is 12.6. The van der Waals surface area contributed by atoms with Crippen LogP contribution in [0.1, 0.15) is 67.2 Å². The molecule has 2 saturated heterocycles. The first-order valence-electron chi connectivity index (χ1n) is 22.7. The van der Waals surface area contributed by atoms with Gasteiger partial charge in [-0.05, 0) is 126 Å². The van der Waals surface area contributed by atoms with Gasteiger partial charge in [0.1, 0.15) is 51.6 Å². The fourth-order valence-electron chi connectivity index (χ4n) is 8.02. The molecule has 0 aliphatic carbocycles. The Labute approximate surface area is 389 Å². The van der Waals surface area contributed by atoms with Crippen molar-refractivity contribution in [2.45, 2.75) is 90.6 Å². The zero-order valence-corrected chi connectivity index (χ0v) is 38.8. The minimum Gasteiger partial charge on any atom is -0.490 e. The second-order valence-electron chi connectivity index (χ2n) is 18.9. The predicted molar refractivity (Wildman–Crippen MR) is 258 cm³/mol. The number of pyridine rings is 2. The molecule has 0 saturated carbocycles. The number of likely N-dealkylation sites (tertiary alicyclic amines) is 2. The number of carbonyl (C=O) groups is 2. The van der Waals surface area contributed by atoms with Crippen LogP contribution in [0.25, 0.3) is 66.1 Å². The largest absolute Gasteiger partial charge is 0.490 e. The van der Waals surface area contributed by atoms with Crippen LogP contribution in [-0.2, 0) is 9.47 Å². The number of para-hydroxylation sites is 2. The quantitative estimate of drug-likeness (QED) is 0.181. The molecule has 13 heteroatoms. The van der Waals surface area contributed by atoms with Gasteiger partial charge in [0.05, 0.1) is 6.10 Å². The van der Waals surface area contributed by atoms with Gasteiger partial charge >= 0.3 is 12.2 Å². The lowest BCUT2D eigenvalue weighted by atomic mass is 10.0. The molecule has 10 rings (SSSR count). The third-order valence-corrected chi connectivity index (χ3v) is 11.3. The van der Waals surface area contributed by atoms with Crippen LogP contribution in [0.15, 0.2) is 131 Å². The normalized spacial score (nSPS) is 14.9. The summed E-state index contributed by atoms with van der Waals surface area (Å²) in [7, 11) is 0. The molecule has 1 N–H and O–H groups in total. The summed E-state index contributed by atoms with van der Waals surface area (Å²) < 4.78 is 42.4. The molecule has 67 heavy (non-hydrogen) atoms. The Balaban J connectivity index is 0.000000151. The molecule has 0 radical (unpaired) electrons. The molecular formula is C54H57FN4O8. The van der Waals surface area contributed by atoms with E-state index in [9.17, 15) is 19.1 Å². The molecule has 4 aromatic carbocycles. The van der Waals surface area contributed by atoms with Gasteiger partial charge in [-0.15, -0.1) is 0 Å². The molecule has 0 atom stereocenters.